The number of aromatic nitrogens is 1. The van der Waals surface area contributed by atoms with Gasteiger partial charge in [0, 0.05) is 27.0 Å². The van der Waals surface area contributed by atoms with E-state index in [2.05, 4.69) is 19.2 Å². The number of rotatable bonds is 4. The highest BCUT2D eigenvalue weighted by atomic mass is 35.5. The van der Waals surface area contributed by atoms with E-state index in [0.717, 1.165) is 35.2 Å². The van der Waals surface area contributed by atoms with E-state index in [-0.39, 0.29) is 5.91 Å². The quantitative estimate of drug-likeness (QED) is 0.640. The smallest absolute Gasteiger partial charge is 0.230 e. The number of hydrogen-bond acceptors (Lipinski definition) is 3. The molecule has 0 unspecified atom stereocenters. The number of halogens is 1. The van der Waals surface area contributed by atoms with Gasteiger partial charge in [-0.3, -0.25) is 9.78 Å². The van der Waals surface area contributed by atoms with Crippen molar-refractivity contribution >= 4 is 40.2 Å². The van der Waals surface area contributed by atoms with E-state index in [0.29, 0.717) is 23.6 Å². The summed E-state index contributed by atoms with van der Waals surface area (Å²) in [7, 11) is 0. The van der Waals surface area contributed by atoms with Gasteiger partial charge in [-0.2, -0.15) is 0 Å². The van der Waals surface area contributed by atoms with Crippen LogP contribution in [0, 0.1) is 11.8 Å². The number of benzene rings is 1. The first kappa shape index (κ1) is 20.0. The Kier molecular flexibility index (Phi) is 6.17. The monoisotopic (exact) mass is 416 g/mol. The van der Waals surface area contributed by atoms with Crippen molar-refractivity contribution in [3.63, 3.8) is 0 Å². The van der Waals surface area contributed by atoms with Gasteiger partial charge in [-0.15, -0.1) is 11.8 Å². The Morgan fingerprint density at radius 1 is 1.21 bits per heavy atom. The van der Waals surface area contributed by atoms with Crippen molar-refractivity contribution in [1.82, 2.24) is 10.3 Å². The van der Waals surface area contributed by atoms with E-state index < -0.39 is 0 Å². The summed E-state index contributed by atoms with van der Waals surface area (Å²) < 4.78 is 0. The minimum Gasteiger partial charge on any atom is -0.352 e. The molecular formula is C23H29ClN2OS. The van der Waals surface area contributed by atoms with E-state index in [1.54, 1.807) is 11.8 Å². The van der Waals surface area contributed by atoms with E-state index in [4.69, 9.17) is 16.6 Å². The van der Waals surface area contributed by atoms with Crippen molar-refractivity contribution < 1.29 is 4.79 Å². The van der Waals surface area contributed by atoms with Crippen LogP contribution in [0.1, 0.15) is 57.2 Å². The van der Waals surface area contributed by atoms with Crippen molar-refractivity contribution in [3.05, 3.63) is 34.5 Å². The van der Waals surface area contributed by atoms with Gasteiger partial charge < -0.3 is 5.32 Å². The molecule has 0 radical (unpaired) electrons. The van der Waals surface area contributed by atoms with Crippen molar-refractivity contribution in [2.24, 2.45) is 11.8 Å². The average molecular weight is 417 g/mol. The highest BCUT2D eigenvalue weighted by molar-refractivity contribution is 8.00. The van der Waals surface area contributed by atoms with Crippen LogP contribution in [0.3, 0.4) is 0 Å². The number of pyridine rings is 1. The maximum Gasteiger partial charge on any atom is 0.230 e. The number of hydrogen-bond donors (Lipinski definition) is 1. The van der Waals surface area contributed by atoms with Crippen molar-refractivity contribution in [2.75, 3.05) is 5.75 Å². The molecule has 5 heteroatoms. The summed E-state index contributed by atoms with van der Waals surface area (Å²) in [6.07, 6.45) is 8.06. The maximum absolute atomic E-state index is 12.7. The molecule has 2 aromatic rings. The van der Waals surface area contributed by atoms with E-state index in [1.165, 1.54) is 41.8 Å². The number of nitrogens with zero attached hydrogens (tertiary/aromatic N) is 1. The average Bonchev–Trinajstić information content (AvgIpc) is 2.69. The van der Waals surface area contributed by atoms with Crippen LogP contribution in [0.4, 0.5) is 0 Å². The Hall–Kier alpha value is -1.26. The van der Waals surface area contributed by atoms with Crippen LogP contribution in [-0.4, -0.2) is 22.7 Å². The van der Waals surface area contributed by atoms with Gasteiger partial charge in [-0.1, -0.05) is 38.3 Å². The van der Waals surface area contributed by atoms with Gasteiger partial charge in [-0.05, 0) is 67.7 Å². The first-order chi connectivity index (χ1) is 13.5. The minimum absolute atomic E-state index is 0.146. The Morgan fingerprint density at radius 3 is 2.89 bits per heavy atom. The minimum atomic E-state index is 0.146. The molecule has 0 aliphatic heterocycles. The summed E-state index contributed by atoms with van der Waals surface area (Å²) in [5.74, 6) is 1.84. The molecule has 1 N–H and O–H groups in total. The lowest BCUT2D eigenvalue weighted by atomic mass is 9.78. The zero-order valence-electron chi connectivity index (χ0n) is 16.8. The molecule has 150 valence electrons. The SMILES string of the molecule is C[C@@H]1[C@H](C)CCC[C@@H]1NC(=O)CSc1c2c(nc3ccc(Cl)cc13)CCCC2. The molecule has 4 rings (SSSR count). The molecule has 1 saturated carbocycles. The van der Waals surface area contributed by atoms with Crippen LogP contribution in [0.15, 0.2) is 23.1 Å². The van der Waals surface area contributed by atoms with Crippen molar-refractivity contribution in [3.8, 4) is 0 Å². The number of thioether (sulfide) groups is 1. The van der Waals surface area contributed by atoms with E-state index in [1.807, 2.05) is 18.2 Å². The fraction of sp³-hybridized carbons (Fsp3) is 0.565. The van der Waals surface area contributed by atoms with Gasteiger partial charge >= 0.3 is 0 Å². The van der Waals surface area contributed by atoms with Crippen LogP contribution < -0.4 is 5.32 Å². The lowest BCUT2D eigenvalue weighted by Gasteiger charge is -2.34. The molecule has 2 aliphatic rings. The number of carbonyl (C=O) groups excluding carboxylic acids is 1. The number of amides is 1. The molecule has 0 bridgehead atoms. The zero-order chi connectivity index (χ0) is 19.7. The predicted molar refractivity (Wildman–Crippen MR) is 118 cm³/mol. The van der Waals surface area contributed by atoms with Crippen LogP contribution in [0.25, 0.3) is 10.9 Å². The summed E-state index contributed by atoms with van der Waals surface area (Å²) in [5.41, 5.74) is 3.53. The second-order valence-electron chi connectivity index (χ2n) is 8.46. The third kappa shape index (κ3) is 4.18. The summed E-state index contributed by atoms with van der Waals surface area (Å²) in [6, 6.07) is 6.22. The van der Waals surface area contributed by atoms with Gasteiger partial charge in [-0.25, -0.2) is 0 Å². The maximum atomic E-state index is 12.7. The molecule has 3 atom stereocenters. The Labute approximate surface area is 177 Å². The molecule has 0 spiro atoms. The van der Waals surface area contributed by atoms with Crippen molar-refractivity contribution in [2.45, 2.75) is 69.7 Å². The van der Waals surface area contributed by atoms with Crippen molar-refractivity contribution in [1.29, 1.82) is 0 Å². The summed E-state index contributed by atoms with van der Waals surface area (Å²) in [5, 5.41) is 5.12. The number of fused-ring (bicyclic) bond motifs is 2. The Balaban J connectivity index is 1.54. The molecule has 1 aromatic carbocycles. The van der Waals surface area contributed by atoms with Gasteiger partial charge in [0.15, 0.2) is 0 Å². The molecule has 28 heavy (non-hydrogen) atoms. The van der Waals surface area contributed by atoms with Gasteiger partial charge in [0.25, 0.3) is 0 Å². The van der Waals surface area contributed by atoms with Crippen LogP contribution in [0.5, 0.6) is 0 Å². The molecule has 1 fully saturated rings. The molecule has 1 aromatic heterocycles. The molecule has 1 heterocycles. The third-order valence-electron chi connectivity index (χ3n) is 6.57. The fourth-order valence-corrected chi connectivity index (χ4v) is 5.93. The van der Waals surface area contributed by atoms with Gasteiger partial charge in [0.1, 0.15) is 0 Å². The largest absolute Gasteiger partial charge is 0.352 e. The standard InChI is InChI=1S/C23H29ClN2OS/c1-14-6-5-9-19(15(14)2)26-22(27)13-28-23-17-7-3-4-8-20(17)25-21-11-10-16(24)12-18(21)23/h10-12,14-15,19H,3-9,13H2,1-2H3,(H,26,27)/t14-,15-,19+/m1/s1. The number of aryl methyl sites for hydroxylation is 1. The zero-order valence-corrected chi connectivity index (χ0v) is 18.3. The Morgan fingerprint density at radius 2 is 2.04 bits per heavy atom. The summed E-state index contributed by atoms with van der Waals surface area (Å²) >= 11 is 7.94. The molecule has 2 aliphatic carbocycles. The first-order valence-corrected chi connectivity index (χ1v) is 11.9. The topological polar surface area (TPSA) is 42.0 Å². The highest BCUT2D eigenvalue weighted by Crippen LogP contribution is 2.37. The summed E-state index contributed by atoms with van der Waals surface area (Å²) in [6.45, 7) is 4.58. The van der Waals surface area contributed by atoms with Crippen LogP contribution >= 0.6 is 23.4 Å². The number of nitrogens with one attached hydrogen (secondary N) is 1. The highest BCUT2D eigenvalue weighted by Gasteiger charge is 2.28. The molecular weight excluding hydrogens is 388 g/mol. The second kappa shape index (κ2) is 8.62. The molecule has 3 nitrogen and oxygen atoms in total. The fourth-order valence-electron chi connectivity index (χ4n) is 4.69. The first-order valence-electron chi connectivity index (χ1n) is 10.6. The third-order valence-corrected chi connectivity index (χ3v) is 7.97. The second-order valence-corrected chi connectivity index (χ2v) is 9.89. The van der Waals surface area contributed by atoms with E-state index >= 15 is 0 Å². The molecule has 0 saturated heterocycles. The Bertz CT molecular complexity index is 885. The summed E-state index contributed by atoms with van der Waals surface area (Å²) in [4.78, 5) is 18.8. The van der Waals surface area contributed by atoms with Gasteiger partial charge in [0.05, 0.1) is 11.3 Å². The van der Waals surface area contributed by atoms with Crippen LogP contribution in [-0.2, 0) is 17.6 Å². The van der Waals surface area contributed by atoms with Gasteiger partial charge in [0.2, 0.25) is 5.91 Å². The number of carbonyl (C=O) groups is 1. The van der Waals surface area contributed by atoms with Crippen LogP contribution in [0.2, 0.25) is 5.02 Å². The normalized spacial score (nSPS) is 24.8. The predicted octanol–water partition coefficient (Wildman–Crippen LogP) is 5.80. The lowest BCUT2D eigenvalue weighted by Crippen LogP contribution is -2.44. The lowest BCUT2D eigenvalue weighted by molar-refractivity contribution is -0.119. The van der Waals surface area contributed by atoms with E-state index in [9.17, 15) is 4.79 Å². The molecule has 1 amide bonds.